The molecule has 7 aromatic rings. The van der Waals surface area contributed by atoms with Crippen LogP contribution in [0, 0.1) is 0 Å². The van der Waals surface area contributed by atoms with E-state index in [4.69, 9.17) is 14.2 Å². The fourth-order valence-corrected chi connectivity index (χ4v) is 11.4. The standard InChI is InChI=1S/C58H53N5O8/c1-57(2,3)71-56(68)59-46(53(66)69-34-37-20-8-5-9-21-37)31-38-33-61(48-28-16-14-22-39(38)48)58-32-47(60-55(67)70-35-44-42-25-12-10-23-40(42)41-24-11-13-26-43(41)44)51(64)63-50(30-36-18-6-4-7-19-36)52(65)62(54(58)63)49-29-17-15-27-45(49)58/h4-29,33,44,46-47,50,54H,30-32,34-35H2,1-3H3,(H,59,68)(H,60,67)/t46-,47-,50-,54-,58+/m0/s1. The minimum Gasteiger partial charge on any atom is -0.459 e. The first-order chi connectivity index (χ1) is 34.4. The molecule has 3 aliphatic heterocycles. The molecule has 6 aromatic carbocycles. The highest BCUT2D eigenvalue weighted by Gasteiger charge is 2.68. The summed E-state index contributed by atoms with van der Waals surface area (Å²) in [5.74, 6) is -1.49. The van der Waals surface area contributed by atoms with Crippen molar-refractivity contribution in [2.75, 3.05) is 11.5 Å². The molecule has 2 saturated heterocycles. The van der Waals surface area contributed by atoms with Crippen LogP contribution in [-0.2, 0) is 53.6 Å². The molecular formula is C58H53N5O8. The first-order valence-corrected chi connectivity index (χ1v) is 24.1. The summed E-state index contributed by atoms with van der Waals surface area (Å²) in [7, 11) is 0. The van der Waals surface area contributed by atoms with E-state index >= 15 is 9.59 Å². The van der Waals surface area contributed by atoms with Gasteiger partial charge < -0.3 is 34.3 Å². The Morgan fingerprint density at radius 3 is 2.03 bits per heavy atom. The number of amides is 4. The minimum atomic E-state index is -1.19. The molecule has 13 nitrogen and oxygen atoms in total. The fraction of sp³-hybridized carbons (Fsp3) is 0.259. The highest BCUT2D eigenvalue weighted by molar-refractivity contribution is 6.08. The van der Waals surface area contributed by atoms with Crippen molar-refractivity contribution in [3.63, 3.8) is 0 Å². The molecule has 4 amide bonds. The lowest BCUT2D eigenvalue weighted by Gasteiger charge is -2.49. The Kier molecular flexibility index (Phi) is 11.5. The van der Waals surface area contributed by atoms with E-state index in [0.29, 0.717) is 11.3 Å². The topological polar surface area (TPSA) is 149 Å². The van der Waals surface area contributed by atoms with Crippen LogP contribution >= 0.6 is 0 Å². The van der Waals surface area contributed by atoms with Gasteiger partial charge in [-0.05, 0) is 71.8 Å². The maximum absolute atomic E-state index is 15.3. The molecule has 1 aromatic heterocycles. The first kappa shape index (κ1) is 45.3. The number of nitrogens with one attached hydrogen (secondary N) is 2. The Balaban J connectivity index is 0.990. The van der Waals surface area contributed by atoms with Crippen molar-refractivity contribution in [1.82, 2.24) is 20.1 Å². The van der Waals surface area contributed by atoms with Crippen LogP contribution < -0.4 is 15.5 Å². The third-order valence-electron chi connectivity index (χ3n) is 14.2. The summed E-state index contributed by atoms with van der Waals surface area (Å²) in [5.41, 5.74) is 6.82. The Bertz CT molecular complexity index is 3180. The normalized spacial score (nSPS) is 20.2. The average Bonchev–Trinajstić information content (AvgIpc) is 4.08. The number of carbonyl (C=O) groups is 5. The van der Waals surface area contributed by atoms with Crippen molar-refractivity contribution < 1.29 is 38.2 Å². The van der Waals surface area contributed by atoms with E-state index < -0.39 is 59.5 Å². The first-order valence-electron chi connectivity index (χ1n) is 24.1. The predicted molar refractivity (Wildman–Crippen MR) is 267 cm³/mol. The molecule has 71 heavy (non-hydrogen) atoms. The molecular weight excluding hydrogens is 895 g/mol. The van der Waals surface area contributed by atoms with Crippen LogP contribution in [0.1, 0.15) is 66.5 Å². The fourth-order valence-electron chi connectivity index (χ4n) is 11.4. The zero-order valence-corrected chi connectivity index (χ0v) is 39.6. The second-order valence-electron chi connectivity index (χ2n) is 19.7. The van der Waals surface area contributed by atoms with Gasteiger partial charge in [0.25, 0.3) is 5.91 Å². The second kappa shape index (κ2) is 18.0. The molecule has 13 heteroatoms. The van der Waals surface area contributed by atoms with Gasteiger partial charge in [0, 0.05) is 47.8 Å². The van der Waals surface area contributed by atoms with Gasteiger partial charge in [-0.3, -0.25) is 14.5 Å². The minimum absolute atomic E-state index is 0.00607. The van der Waals surface area contributed by atoms with Crippen LogP contribution in [0.15, 0.2) is 164 Å². The molecule has 0 saturated carbocycles. The molecule has 0 unspecified atom stereocenters. The number of aromatic nitrogens is 1. The Morgan fingerprint density at radius 1 is 0.704 bits per heavy atom. The van der Waals surface area contributed by atoms with Crippen LogP contribution in [0.2, 0.25) is 0 Å². The summed E-state index contributed by atoms with van der Waals surface area (Å²) < 4.78 is 19.7. The van der Waals surface area contributed by atoms with Crippen molar-refractivity contribution in [1.29, 1.82) is 0 Å². The molecule has 0 bridgehead atoms. The van der Waals surface area contributed by atoms with E-state index in [-0.39, 0.29) is 44.3 Å². The monoisotopic (exact) mass is 947 g/mol. The third kappa shape index (κ3) is 8.04. The van der Waals surface area contributed by atoms with Gasteiger partial charge in [-0.15, -0.1) is 0 Å². The van der Waals surface area contributed by atoms with Crippen LogP contribution in [0.4, 0.5) is 15.3 Å². The van der Waals surface area contributed by atoms with Gasteiger partial charge in [-0.1, -0.05) is 146 Å². The number of nitrogens with zero attached hydrogens (tertiary/aromatic N) is 3. The van der Waals surface area contributed by atoms with Crippen LogP contribution in [-0.4, -0.2) is 75.9 Å². The SMILES string of the molecule is CC(C)(C)OC(=O)N[C@@H](Cc1cn([C@]23C[C@H](NC(=O)OCC4c5ccccc5-c5ccccc54)C(=O)N4[C@@H](Cc5ccccc5)C(=O)N(c5ccccc52)[C@@H]43)c2ccccc12)C(=O)OCc1ccccc1. The molecule has 11 rings (SSSR count). The number of para-hydroxylation sites is 2. The zero-order chi connectivity index (χ0) is 49.0. The summed E-state index contributed by atoms with van der Waals surface area (Å²) in [5, 5.41) is 6.59. The lowest BCUT2D eigenvalue weighted by Crippen LogP contribution is -2.67. The summed E-state index contributed by atoms with van der Waals surface area (Å²) in [6.45, 7) is 5.28. The van der Waals surface area contributed by atoms with E-state index in [1.165, 1.54) is 0 Å². The number of piperidine rings is 1. The summed E-state index contributed by atoms with van der Waals surface area (Å²) in [6.07, 6.45) is -0.125. The van der Waals surface area contributed by atoms with Gasteiger partial charge in [0.2, 0.25) is 5.91 Å². The molecule has 1 aliphatic carbocycles. The second-order valence-corrected chi connectivity index (χ2v) is 19.7. The van der Waals surface area contributed by atoms with Gasteiger partial charge in [-0.2, -0.15) is 0 Å². The van der Waals surface area contributed by atoms with E-state index in [2.05, 4.69) is 39.5 Å². The number of esters is 1. The third-order valence-corrected chi connectivity index (χ3v) is 14.2. The van der Waals surface area contributed by atoms with E-state index in [9.17, 15) is 14.4 Å². The zero-order valence-electron chi connectivity index (χ0n) is 39.6. The van der Waals surface area contributed by atoms with Crippen molar-refractivity contribution in [3.05, 3.63) is 197 Å². The molecule has 4 aliphatic rings. The summed E-state index contributed by atoms with van der Waals surface area (Å²) >= 11 is 0. The maximum atomic E-state index is 15.3. The van der Waals surface area contributed by atoms with Crippen molar-refractivity contribution in [3.8, 4) is 11.1 Å². The highest BCUT2D eigenvalue weighted by Crippen LogP contribution is 2.57. The van der Waals surface area contributed by atoms with Crippen LogP contribution in [0.3, 0.4) is 0 Å². The molecule has 0 radical (unpaired) electrons. The molecule has 5 atom stereocenters. The number of hydrogen-bond donors (Lipinski definition) is 2. The van der Waals surface area contributed by atoms with E-state index in [1.54, 1.807) is 30.6 Å². The number of carbonyl (C=O) groups excluding carboxylic acids is 5. The maximum Gasteiger partial charge on any atom is 0.408 e. The Hall–Kier alpha value is -8.19. The summed E-state index contributed by atoms with van der Waals surface area (Å²) in [4.78, 5) is 75.8. The number of benzene rings is 6. The van der Waals surface area contributed by atoms with Crippen molar-refractivity contribution >= 4 is 46.6 Å². The number of hydrogen-bond acceptors (Lipinski definition) is 8. The molecule has 358 valence electrons. The van der Waals surface area contributed by atoms with Gasteiger partial charge in [0.15, 0.2) is 0 Å². The number of fused-ring (bicyclic) bond motifs is 7. The number of alkyl carbamates (subject to hydrolysis) is 2. The van der Waals surface area contributed by atoms with Gasteiger partial charge >= 0.3 is 18.2 Å². The van der Waals surface area contributed by atoms with Crippen molar-refractivity contribution in [2.24, 2.45) is 0 Å². The average molecular weight is 948 g/mol. The lowest BCUT2D eigenvalue weighted by atomic mass is 9.78. The highest BCUT2D eigenvalue weighted by atomic mass is 16.6. The van der Waals surface area contributed by atoms with Gasteiger partial charge in [-0.25, -0.2) is 14.4 Å². The molecule has 4 heterocycles. The quantitative estimate of drug-likeness (QED) is 0.0912. The molecule has 0 spiro atoms. The van der Waals surface area contributed by atoms with E-state index in [0.717, 1.165) is 49.8 Å². The smallest absolute Gasteiger partial charge is 0.408 e. The van der Waals surface area contributed by atoms with Gasteiger partial charge in [0.05, 0.1) is 5.69 Å². The van der Waals surface area contributed by atoms with Crippen LogP contribution in [0.5, 0.6) is 0 Å². The van der Waals surface area contributed by atoms with E-state index in [1.807, 2.05) is 140 Å². The molecule has 2 fully saturated rings. The number of anilines is 1. The summed E-state index contributed by atoms with van der Waals surface area (Å²) in [6, 6.07) is 47.3. The number of rotatable bonds is 12. The molecule has 2 N–H and O–H groups in total. The largest absolute Gasteiger partial charge is 0.459 e. The van der Waals surface area contributed by atoms with Crippen LogP contribution in [0.25, 0.3) is 22.0 Å². The van der Waals surface area contributed by atoms with Crippen molar-refractivity contribution in [2.45, 2.75) is 88.0 Å². The van der Waals surface area contributed by atoms with Gasteiger partial charge in [0.1, 0.15) is 48.6 Å². The predicted octanol–water partition coefficient (Wildman–Crippen LogP) is 9.00. The number of ether oxygens (including phenoxy) is 3. The Morgan fingerprint density at radius 2 is 1.32 bits per heavy atom. The lowest BCUT2D eigenvalue weighted by molar-refractivity contribution is -0.147. The Labute approximate surface area is 411 Å².